The summed E-state index contributed by atoms with van der Waals surface area (Å²) in [4.78, 5) is 2.04. The molecule has 1 aromatic rings. The van der Waals surface area contributed by atoms with Gasteiger partial charge >= 0.3 is 6.18 Å². The van der Waals surface area contributed by atoms with Gasteiger partial charge in [0.2, 0.25) is 0 Å². The van der Waals surface area contributed by atoms with Crippen LogP contribution in [0, 0.1) is 5.92 Å². The fraction of sp³-hybridized carbons (Fsp3) is 0.571. The lowest BCUT2D eigenvalue weighted by atomic mass is 10.1. The van der Waals surface area contributed by atoms with Crippen LogP contribution in [0.1, 0.15) is 31.4 Å². The number of hydrogen-bond acceptors (Lipinski definition) is 2. The largest absolute Gasteiger partial charge is 0.416 e. The fourth-order valence-electron chi connectivity index (χ4n) is 2.84. The number of nitrogens with two attached hydrogens (primary N) is 1. The zero-order valence-corrected chi connectivity index (χ0v) is 11.2. The first kappa shape index (κ1) is 14.2. The number of nitrogens with zero attached hydrogens (tertiary/aromatic N) is 1. The molecule has 2 unspecified atom stereocenters. The van der Waals surface area contributed by atoms with Crippen LogP contribution in [-0.4, -0.2) is 12.6 Å². The number of halogens is 3. The minimum absolute atomic E-state index is 0.0962. The van der Waals surface area contributed by atoms with Crippen LogP contribution in [0.2, 0.25) is 0 Å². The van der Waals surface area contributed by atoms with Gasteiger partial charge in [0.25, 0.3) is 0 Å². The Bertz CT molecular complexity index is 456. The molecule has 2 atom stereocenters. The predicted octanol–water partition coefficient (Wildman–Crippen LogP) is 3.40. The molecule has 0 aromatic heterocycles. The molecule has 1 aliphatic heterocycles. The predicted molar refractivity (Wildman–Crippen MR) is 69.9 cm³/mol. The van der Waals surface area contributed by atoms with Gasteiger partial charge in [-0.05, 0) is 37.0 Å². The first-order valence-electron chi connectivity index (χ1n) is 6.49. The van der Waals surface area contributed by atoms with E-state index in [0.717, 1.165) is 13.0 Å². The highest BCUT2D eigenvalue weighted by molar-refractivity contribution is 5.53. The molecular weight excluding hydrogens is 253 g/mol. The second-order valence-corrected chi connectivity index (χ2v) is 5.39. The normalized spacial score (nSPS) is 24.0. The molecule has 1 heterocycles. The second kappa shape index (κ2) is 5.04. The number of anilines is 1. The molecule has 2 rings (SSSR count). The van der Waals surface area contributed by atoms with E-state index >= 15 is 0 Å². The molecule has 0 radical (unpaired) electrons. The molecule has 1 fully saturated rings. The van der Waals surface area contributed by atoms with Crippen molar-refractivity contribution in [1.82, 2.24) is 0 Å². The van der Waals surface area contributed by atoms with Crippen molar-refractivity contribution in [2.75, 3.05) is 11.4 Å². The molecular formula is C14H19F3N2. The molecule has 0 bridgehead atoms. The maximum atomic E-state index is 13.0. The Hall–Kier alpha value is -1.23. The molecule has 0 saturated carbocycles. The first-order valence-corrected chi connectivity index (χ1v) is 6.49. The average molecular weight is 272 g/mol. The Morgan fingerprint density at radius 3 is 2.47 bits per heavy atom. The third kappa shape index (κ3) is 2.86. The first-order chi connectivity index (χ1) is 8.82. The molecule has 0 amide bonds. The van der Waals surface area contributed by atoms with Crippen LogP contribution in [0.25, 0.3) is 0 Å². The van der Waals surface area contributed by atoms with Crippen molar-refractivity contribution in [2.45, 2.75) is 39.0 Å². The molecule has 2 N–H and O–H groups in total. The molecule has 19 heavy (non-hydrogen) atoms. The quantitative estimate of drug-likeness (QED) is 0.894. The third-order valence-corrected chi connectivity index (χ3v) is 3.73. The third-order valence-electron chi connectivity index (χ3n) is 3.73. The topological polar surface area (TPSA) is 29.3 Å². The highest BCUT2D eigenvalue weighted by Crippen LogP contribution is 2.36. The van der Waals surface area contributed by atoms with E-state index in [2.05, 4.69) is 6.92 Å². The van der Waals surface area contributed by atoms with Crippen LogP contribution < -0.4 is 10.6 Å². The summed E-state index contributed by atoms with van der Waals surface area (Å²) in [5, 5.41) is 0. The smallest absolute Gasteiger partial charge is 0.369 e. The molecule has 0 aliphatic carbocycles. The number of alkyl halides is 3. The second-order valence-electron chi connectivity index (χ2n) is 5.39. The van der Waals surface area contributed by atoms with Crippen LogP contribution in [0.5, 0.6) is 0 Å². The van der Waals surface area contributed by atoms with Gasteiger partial charge in [-0.2, -0.15) is 13.2 Å². The summed E-state index contributed by atoms with van der Waals surface area (Å²) in [7, 11) is 0. The van der Waals surface area contributed by atoms with Gasteiger partial charge in [0, 0.05) is 24.8 Å². The molecule has 5 heteroatoms. The summed E-state index contributed by atoms with van der Waals surface area (Å²) in [5.74, 6) is 0.513. The van der Waals surface area contributed by atoms with E-state index in [4.69, 9.17) is 5.73 Å². The minimum Gasteiger partial charge on any atom is -0.369 e. The zero-order chi connectivity index (χ0) is 14.2. The number of benzene rings is 1. The van der Waals surface area contributed by atoms with E-state index in [-0.39, 0.29) is 18.2 Å². The van der Waals surface area contributed by atoms with Gasteiger partial charge in [-0.25, -0.2) is 0 Å². The van der Waals surface area contributed by atoms with Crippen LogP contribution in [-0.2, 0) is 12.7 Å². The molecule has 0 spiro atoms. The van der Waals surface area contributed by atoms with Crippen molar-refractivity contribution >= 4 is 5.69 Å². The summed E-state index contributed by atoms with van der Waals surface area (Å²) in [6.45, 7) is 4.88. The summed E-state index contributed by atoms with van der Waals surface area (Å²) < 4.78 is 39.0. The van der Waals surface area contributed by atoms with Crippen molar-refractivity contribution in [2.24, 2.45) is 11.7 Å². The van der Waals surface area contributed by atoms with E-state index in [9.17, 15) is 13.2 Å². The van der Waals surface area contributed by atoms with Crippen molar-refractivity contribution in [3.63, 3.8) is 0 Å². The van der Waals surface area contributed by atoms with Crippen LogP contribution in [0.4, 0.5) is 18.9 Å². The minimum atomic E-state index is -4.35. The van der Waals surface area contributed by atoms with Crippen molar-refractivity contribution in [1.29, 1.82) is 0 Å². The van der Waals surface area contributed by atoms with E-state index in [1.807, 2.05) is 11.8 Å². The zero-order valence-electron chi connectivity index (χ0n) is 11.2. The van der Waals surface area contributed by atoms with E-state index < -0.39 is 11.7 Å². The van der Waals surface area contributed by atoms with Gasteiger partial charge in [-0.15, -0.1) is 0 Å². The summed E-state index contributed by atoms with van der Waals surface area (Å²) in [5.41, 5.74) is 5.56. The Morgan fingerprint density at radius 1 is 1.32 bits per heavy atom. The number of rotatable bonds is 2. The molecule has 1 aromatic carbocycles. The molecule has 1 aliphatic rings. The maximum Gasteiger partial charge on any atom is 0.416 e. The Balaban J connectivity index is 2.38. The van der Waals surface area contributed by atoms with E-state index in [0.29, 0.717) is 11.6 Å². The van der Waals surface area contributed by atoms with Crippen molar-refractivity contribution in [3.8, 4) is 0 Å². The van der Waals surface area contributed by atoms with Crippen LogP contribution in [0.15, 0.2) is 18.2 Å². The van der Waals surface area contributed by atoms with Crippen LogP contribution >= 0.6 is 0 Å². The Morgan fingerprint density at radius 2 is 2.00 bits per heavy atom. The van der Waals surface area contributed by atoms with Gasteiger partial charge in [0.15, 0.2) is 0 Å². The average Bonchev–Trinajstić information content (AvgIpc) is 2.66. The highest BCUT2D eigenvalue weighted by atomic mass is 19.4. The monoisotopic (exact) mass is 272 g/mol. The van der Waals surface area contributed by atoms with Crippen molar-refractivity contribution in [3.05, 3.63) is 29.3 Å². The van der Waals surface area contributed by atoms with Crippen LogP contribution in [0.3, 0.4) is 0 Å². The summed E-state index contributed by atoms with van der Waals surface area (Å²) in [6, 6.07) is 4.75. The molecule has 2 nitrogen and oxygen atoms in total. The summed E-state index contributed by atoms with van der Waals surface area (Å²) in [6.07, 6.45) is -3.33. The van der Waals surface area contributed by atoms with Gasteiger partial charge < -0.3 is 10.6 Å². The SMILES string of the molecule is CC1CC(C)N(c2ccc(CN)c(C(F)(F)F)c2)C1. The van der Waals surface area contributed by atoms with Gasteiger partial charge in [-0.1, -0.05) is 13.0 Å². The fourth-order valence-corrected chi connectivity index (χ4v) is 2.84. The lowest BCUT2D eigenvalue weighted by molar-refractivity contribution is -0.138. The van der Waals surface area contributed by atoms with Gasteiger partial charge in [0.05, 0.1) is 5.56 Å². The highest BCUT2D eigenvalue weighted by Gasteiger charge is 2.34. The van der Waals surface area contributed by atoms with E-state index in [1.165, 1.54) is 12.1 Å². The lowest BCUT2D eigenvalue weighted by Gasteiger charge is -2.25. The van der Waals surface area contributed by atoms with Gasteiger partial charge in [-0.3, -0.25) is 0 Å². The molecule has 1 saturated heterocycles. The lowest BCUT2D eigenvalue weighted by Crippen LogP contribution is -2.27. The number of hydrogen-bond donors (Lipinski definition) is 1. The molecule has 106 valence electrons. The van der Waals surface area contributed by atoms with Gasteiger partial charge in [0.1, 0.15) is 0 Å². The Kier molecular flexibility index (Phi) is 3.76. The van der Waals surface area contributed by atoms with Crippen molar-refractivity contribution < 1.29 is 13.2 Å². The maximum absolute atomic E-state index is 13.0. The standard InChI is InChI=1S/C14H19F3N2/c1-9-5-10(2)19(8-9)12-4-3-11(7-18)13(6-12)14(15,16)17/h3-4,6,9-10H,5,7-8,18H2,1-2H3. The Labute approximate surface area is 111 Å². The summed E-state index contributed by atoms with van der Waals surface area (Å²) >= 11 is 0. The van der Waals surface area contributed by atoms with E-state index in [1.54, 1.807) is 6.07 Å².